The summed E-state index contributed by atoms with van der Waals surface area (Å²) in [5.74, 6) is 0. The second-order valence-electron chi connectivity index (χ2n) is 2.76. The topological polar surface area (TPSA) is 27.7 Å². The van der Waals surface area contributed by atoms with Crippen LogP contribution in [0, 0.1) is 0 Å². The third-order valence-electron chi connectivity index (χ3n) is 1.62. The van der Waals surface area contributed by atoms with Crippen LogP contribution in [-0.4, -0.2) is 34.7 Å². The van der Waals surface area contributed by atoms with E-state index in [1.54, 1.807) is 0 Å². The molecule has 1 radical (unpaired) electrons. The smallest absolute Gasteiger partial charge is 0.371 e. The highest BCUT2D eigenvalue weighted by Gasteiger charge is 2.17. The van der Waals surface area contributed by atoms with Crippen LogP contribution < -0.4 is 0 Å². The Labute approximate surface area is 93.7 Å². The highest BCUT2D eigenvalue weighted by molar-refractivity contribution is 6.36. The lowest BCUT2D eigenvalue weighted by Crippen LogP contribution is -2.28. The second kappa shape index (κ2) is 9.92. The molecular formula is C9H20ClO3Si. The summed E-state index contributed by atoms with van der Waals surface area (Å²) >= 11 is 5.95. The summed E-state index contributed by atoms with van der Waals surface area (Å²) in [6, 6.07) is 0. The Morgan fingerprint density at radius 3 is 2.07 bits per heavy atom. The molecule has 0 heterocycles. The fraction of sp³-hybridized carbons (Fsp3) is 1.00. The maximum absolute atomic E-state index is 5.95. The van der Waals surface area contributed by atoms with Crippen LogP contribution in [-0.2, 0) is 13.3 Å². The molecule has 0 aliphatic carbocycles. The van der Waals surface area contributed by atoms with E-state index in [1.165, 1.54) is 0 Å². The first-order valence-electron chi connectivity index (χ1n) is 5.13. The maximum atomic E-state index is 5.95. The Bertz CT molecular complexity index is 121. The Hall–Kier alpha value is 0.387. The van der Waals surface area contributed by atoms with E-state index in [9.17, 15) is 0 Å². The fourth-order valence-corrected chi connectivity index (χ4v) is 1.93. The van der Waals surface area contributed by atoms with Crippen molar-refractivity contribution in [2.75, 3.05) is 19.8 Å². The van der Waals surface area contributed by atoms with Crippen molar-refractivity contribution in [2.24, 2.45) is 0 Å². The van der Waals surface area contributed by atoms with Gasteiger partial charge in [0.25, 0.3) is 0 Å². The number of rotatable bonds is 9. The monoisotopic (exact) mass is 239 g/mol. The third kappa shape index (κ3) is 7.76. The van der Waals surface area contributed by atoms with Gasteiger partial charge in [-0.25, -0.2) is 0 Å². The van der Waals surface area contributed by atoms with Gasteiger partial charge in [-0.05, 0) is 26.7 Å². The van der Waals surface area contributed by atoms with Crippen LogP contribution in [0.2, 0.25) is 0 Å². The van der Waals surface area contributed by atoms with Crippen LogP contribution in [0.25, 0.3) is 0 Å². The van der Waals surface area contributed by atoms with Crippen molar-refractivity contribution in [1.82, 2.24) is 0 Å². The van der Waals surface area contributed by atoms with Crippen molar-refractivity contribution in [1.29, 1.82) is 0 Å². The number of alkyl halides is 1. The van der Waals surface area contributed by atoms with Gasteiger partial charge in [0.2, 0.25) is 0 Å². The van der Waals surface area contributed by atoms with Crippen molar-refractivity contribution >= 4 is 21.1 Å². The number of hydrogen-bond acceptors (Lipinski definition) is 3. The van der Waals surface area contributed by atoms with Crippen molar-refractivity contribution in [3.05, 3.63) is 0 Å². The largest absolute Gasteiger partial charge is 0.577 e. The highest BCUT2D eigenvalue weighted by Crippen LogP contribution is 2.06. The van der Waals surface area contributed by atoms with Gasteiger partial charge in [-0.15, -0.1) is 11.6 Å². The minimum Gasteiger partial charge on any atom is -0.371 e. The maximum Gasteiger partial charge on any atom is 0.577 e. The second-order valence-corrected chi connectivity index (χ2v) is 4.74. The molecular weight excluding hydrogens is 220 g/mol. The predicted octanol–water partition coefficient (Wildman–Crippen LogP) is 2.47. The van der Waals surface area contributed by atoms with E-state index >= 15 is 0 Å². The fourth-order valence-electron chi connectivity index (χ4n) is 0.835. The number of halogens is 1. The lowest BCUT2D eigenvalue weighted by Gasteiger charge is -2.13. The molecule has 0 aliphatic rings. The summed E-state index contributed by atoms with van der Waals surface area (Å²) in [7, 11) is -1.51. The Balaban J connectivity index is 3.49. The van der Waals surface area contributed by atoms with Crippen molar-refractivity contribution in [2.45, 2.75) is 39.0 Å². The number of hydrogen-bond donors (Lipinski definition) is 0. The molecule has 0 amide bonds. The van der Waals surface area contributed by atoms with Crippen LogP contribution in [0.15, 0.2) is 0 Å². The molecule has 85 valence electrons. The van der Waals surface area contributed by atoms with Crippen LogP contribution >= 0.6 is 11.6 Å². The first-order valence-corrected chi connectivity index (χ1v) is 6.80. The Morgan fingerprint density at radius 2 is 1.64 bits per heavy atom. The zero-order valence-electron chi connectivity index (χ0n) is 9.22. The molecule has 0 N–H and O–H groups in total. The molecule has 1 unspecified atom stereocenters. The highest BCUT2D eigenvalue weighted by atomic mass is 35.5. The molecule has 14 heavy (non-hydrogen) atoms. The van der Waals surface area contributed by atoms with E-state index < -0.39 is 9.53 Å². The van der Waals surface area contributed by atoms with Crippen LogP contribution in [0.3, 0.4) is 0 Å². The van der Waals surface area contributed by atoms with Gasteiger partial charge in [-0.2, -0.15) is 0 Å². The minimum atomic E-state index is -1.51. The summed E-state index contributed by atoms with van der Waals surface area (Å²) in [6.07, 6.45) is 1.82. The van der Waals surface area contributed by atoms with Gasteiger partial charge in [0.05, 0.1) is 0 Å². The Morgan fingerprint density at radius 1 is 1.07 bits per heavy atom. The average Bonchev–Trinajstić information content (AvgIpc) is 2.18. The first-order chi connectivity index (χ1) is 6.74. The zero-order valence-corrected chi connectivity index (χ0v) is 11.0. The average molecular weight is 240 g/mol. The summed E-state index contributed by atoms with van der Waals surface area (Å²) in [4.78, 5) is 0. The lowest BCUT2D eigenvalue weighted by molar-refractivity contribution is 0.101. The summed E-state index contributed by atoms with van der Waals surface area (Å²) in [6.45, 7) is 7.82. The normalized spacial score (nSPS) is 13.5. The molecule has 0 saturated heterocycles. The summed E-state index contributed by atoms with van der Waals surface area (Å²) in [5, 5.41) is 0.196. The van der Waals surface area contributed by atoms with Crippen LogP contribution in [0.5, 0.6) is 0 Å². The molecule has 0 aromatic carbocycles. The van der Waals surface area contributed by atoms with E-state index in [4.69, 9.17) is 24.9 Å². The van der Waals surface area contributed by atoms with Gasteiger partial charge in [0, 0.05) is 25.2 Å². The van der Waals surface area contributed by atoms with E-state index in [0.717, 1.165) is 12.8 Å². The zero-order chi connectivity index (χ0) is 10.8. The first kappa shape index (κ1) is 14.4. The Kier molecular flexibility index (Phi) is 10.2. The molecule has 5 heteroatoms. The van der Waals surface area contributed by atoms with Gasteiger partial charge in [0.1, 0.15) is 0 Å². The van der Waals surface area contributed by atoms with E-state index in [1.807, 2.05) is 13.8 Å². The molecule has 0 rings (SSSR count). The van der Waals surface area contributed by atoms with Gasteiger partial charge >= 0.3 is 9.53 Å². The van der Waals surface area contributed by atoms with Crippen molar-refractivity contribution < 1.29 is 13.3 Å². The molecule has 0 spiro atoms. The molecule has 0 fully saturated rings. The van der Waals surface area contributed by atoms with Gasteiger partial charge in [0.15, 0.2) is 0 Å². The van der Waals surface area contributed by atoms with Crippen molar-refractivity contribution in [3.63, 3.8) is 0 Å². The van der Waals surface area contributed by atoms with Gasteiger partial charge in [-0.3, -0.25) is 0 Å². The molecule has 0 aliphatic heterocycles. The van der Waals surface area contributed by atoms with E-state index in [-0.39, 0.29) is 5.38 Å². The standard InChI is InChI=1S/C9H20ClO3Si/c1-4-9(10)7-8-13-14(11-5-2)12-6-3/h9H,4-8H2,1-3H3. The third-order valence-corrected chi connectivity index (χ3v) is 3.63. The molecule has 0 aromatic heterocycles. The van der Waals surface area contributed by atoms with Gasteiger partial charge in [-0.1, -0.05) is 6.92 Å². The van der Waals surface area contributed by atoms with Crippen LogP contribution in [0.1, 0.15) is 33.6 Å². The van der Waals surface area contributed by atoms with Crippen molar-refractivity contribution in [3.8, 4) is 0 Å². The molecule has 0 saturated carbocycles. The van der Waals surface area contributed by atoms with E-state index in [2.05, 4.69) is 6.92 Å². The predicted molar refractivity (Wildman–Crippen MR) is 59.5 cm³/mol. The molecule has 3 nitrogen and oxygen atoms in total. The minimum absolute atomic E-state index is 0.196. The van der Waals surface area contributed by atoms with Gasteiger partial charge < -0.3 is 13.3 Å². The molecule has 1 atom stereocenters. The summed E-state index contributed by atoms with van der Waals surface area (Å²) < 4.78 is 16.1. The van der Waals surface area contributed by atoms with E-state index in [0.29, 0.717) is 19.8 Å². The summed E-state index contributed by atoms with van der Waals surface area (Å²) in [5.41, 5.74) is 0. The quantitative estimate of drug-likeness (QED) is 0.457. The molecule has 0 aromatic rings. The SMILES string of the molecule is CCO[Si](OCC)OCCC(Cl)CC. The van der Waals surface area contributed by atoms with Crippen LogP contribution in [0.4, 0.5) is 0 Å². The molecule has 0 bridgehead atoms. The lowest BCUT2D eigenvalue weighted by atomic mass is 10.3.